The third-order valence-corrected chi connectivity index (χ3v) is 3.74. The maximum Gasteiger partial charge on any atom is 0.130 e. The largest absolute Gasteiger partial charge is 0.493 e. The normalized spacial score (nSPS) is 10.8. The summed E-state index contributed by atoms with van der Waals surface area (Å²) in [5.41, 5.74) is 1.07. The van der Waals surface area contributed by atoms with Crippen LogP contribution in [0.2, 0.25) is 0 Å². The van der Waals surface area contributed by atoms with E-state index in [9.17, 15) is 0 Å². The second-order valence-corrected chi connectivity index (χ2v) is 5.60. The summed E-state index contributed by atoms with van der Waals surface area (Å²) in [4.78, 5) is 0. The standard InChI is InChI=1S/C17H20Cl2O2/c1-13-12-16(20-10-4-8-18)14-6-2-3-7-15(14)17(13)21-11-5-9-19/h2-3,6-7,12H,4-5,8-11H2,1H3. The minimum Gasteiger partial charge on any atom is -0.493 e. The molecule has 0 fully saturated rings. The van der Waals surface area contributed by atoms with Gasteiger partial charge in [-0.25, -0.2) is 0 Å². The first kappa shape index (κ1) is 16.3. The molecule has 0 unspecified atom stereocenters. The number of hydrogen-bond donors (Lipinski definition) is 0. The highest BCUT2D eigenvalue weighted by Crippen LogP contribution is 2.36. The minimum absolute atomic E-state index is 0.608. The number of aryl methyl sites for hydroxylation is 1. The lowest BCUT2D eigenvalue weighted by atomic mass is 10.0. The van der Waals surface area contributed by atoms with E-state index in [0.717, 1.165) is 40.7 Å². The lowest BCUT2D eigenvalue weighted by Gasteiger charge is -2.16. The molecule has 114 valence electrons. The van der Waals surface area contributed by atoms with Crippen molar-refractivity contribution in [1.29, 1.82) is 0 Å². The molecule has 2 rings (SSSR count). The van der Waals surface area contributed by atoms with Gasteiger partial charge in [-0.05, 0) is 31.4 Å². The summed E-state index contributed by atoms with van der Waals surface area (Å²) in [6, 6.07) is 10.2. The number of alkyl halides is 2. The number of ether oxygens (including phenoxy) is 2. The van der Waals surface area contributed by atoms with Gasteiger partial charge in [0.25, 0.3) is 0 Å². The first-order valence-corrected chi connectivity index (χ1v) is 8.24. The summed E-state index contributed by atoms with van der Waals surface area (Å²) in [6.45, 7) is 3.29. The Morgan fingerprint density at radius 2 is 1.52 bits per heavy atom. The molecule has 0 aliphatic carbocycles. The van der Waals surface area contributed by atoms with Crippen LogP contribution >= 0.6 is 23.2 Å². The molecule has 2 nitrogen and oxygen atoms in total. The minimum atomic E-state index is 0.608. The highest BCUT2D eigenvalue weighted by atomic mass is 35.5. The summed E-state index contributed by atoms with van der Waals surface area (Å²) in [6.07, 6.45) is 1.67. The summed E-state index contributed by atoms with van der Waals surface area (Å²) in [7, 11) is 0. The van der Waals surface area contributed by atoms with Crippen molar-refractivity contribution in [3.8, 4) is 11.5 Å². The van der Waals surface area contributed by atoms with Crippen LogP contribution in [0.4, 0.5) is 0 Å². The molecule has 0 aliphatic heterocycles. The van der Waals surface area contributed by atoms with Gasteiger partial charge in [0.2, 0.25) is 0 Å². The van der Waals surface area contributed by atoms with Crippen molar-refractivity contribution >= 4 is 34.0 Å². The van der Waals surface area contributed by atoms with E-state index < -0.39 is 0 Å². The zero-order valence-corrected chi connectivity index (χ0v) is 13.7. The SMILES string of the molecule is Cc1cc(OCCCCl)c2ccccc2c1OCCCCl. The lowest BCUT2D eigenvalue weighted by molar-refractivity contribution is 0.313. The van der Waals surface area contributed by atoms with Crippen molar-refractivity contribution in [2.24, 2.45) is 0 Å². The van der Waals surface area contributed by atoms with Crippen LogP contribution in [0.25, 0.3) is 10.8 Å². The molecule has 0 heterocycles. The van der Waals surface area contributed by atoms with Gasteiger partial charge in [-0.3, -0.25) is 0 Å². The molecule has 0 saturated heterocycles. The van der Waals surface area contributed by atoms with Crippen molar-refractivity contribution in [2.45, 2.75) is 19.8 Å². The predicted octanol–water partition coefficient (Wildman–Crippen LogP) is 5.16. The number of hydrogen-bond acceptors (Lipinski definition) is 2. The molecule has 2 aromatic carbocycles. The second kappa shape index (κ2) is 8.35. The van der Waals surface area contributed by atoms with Gasteiger partial charge in [0.15, 0.2) is 0 Å². The van der Waals surface area contributed by atoms with Crippen LogP contribution in [0, 0.1) is 6.92 Å². The van der Waals surface area contributed by atoms with Crippen molar-refractivity contribution in [3.05, 3.63) is 35.9 Å². The van der Waals surface area contributed by atoms with Crippen LogP contribution in [0.1, 0.15) is 18.4 Å². The van der Waals surface area contributed by atoms with E-state index in [0.29, 0.717) is 25.0 Å². The quantitative estimate of drug-likeness (QED) is 0.492. The van der Waals surface area contributed by atoms with Crippen LogP contribution in [0.5, 0.6) is 11.5 Å². The van der Waals surface area contributed by atoms with Crippen molar-refractivity contribution in [3.63, 3.8) is 0 Å². The Kier molecular flexibility index (Phi) is 6.47. The van der Waals surface area contributed by atoms with Gasteiger partial charge in [0.1, 0.15) is 11.5 Å². The maximum atomic E-state index is 5.91. The smallest absolute Gasteiger partial charge is 0.130 e. The molecule has 0 atom stereocenters. The van der Waals surface area contributed by atoms with Crippen LogP contribution in [-0.4, -0.2) is 25.0 Å². The molecule has 0 spiro atoms. The van der Waals surface area contributed by atoms with Crippen LogP contribution in [0.3, 0.4) is 0 Å². The Hall–Kier alpha value is -1.12. The zero-order chi connectivity index (χ0) is 15.1. The third-order valence-electron chi connectivity index (χ3n) is 3.20. The van der Waals surface area contributed by atoms with Crippen LogP contribution in [0.15, 0.2) is 30.3 Å². The summed E-state index contributed by atoms with van der Waals surface area (Å²) in [5.74, 6) is 3.02. The van der Waals surface area contributed by atoms with E-state index in [2.05, 4.69) is 12.1 Å². The van der Waals surface area contributed by atoms with Gasteiger partial charge in [-0.2, -0.15) is 0 Å². The van der Waals surface area contributed by atoms with E-state index in [1.54, 1.807) is 0 Å². The van der Waals surface area contributed by atoms with E-state index in [1.807, 2.05) is 25.1 Å². The number of rotatable bonds is 8. The van der Waals surface area contributed by atoms with Crippen LogP contribution < -0.4 is 9.47 Å². The molecule has 0 radical (unpaired) electrons. The Bertz CT molecular complexity index is 584. The van der Waals surface area contributed by atoms with Gasteiger partial charge in [-0.1, -0.05) is 24.3 Å². The molecular formula is C17H20Cl2O2. The maximum absolute atomic E-state index is 5.91. The molecule has 2 aromatic rings. The fourth-order valence-corrected chi connectivity index (χ4v) is 2.44. The monoisotopic (exact) mass is 326 g/mol. The summed E-state index contributed by atoms with van der Waals surface area (Å²) in [5, 5.41) is 2.14. The molecule has 0 aromatic heterocycles. The average molecular weight is 327 g/mol. The molecule has 0 aliphatic rings. The Labute approximate surface area is 136 Å². The molecule has 0 bridgehead atoms. The van der Waals surface area contributed by atoms with Crippen LogP contribution in [-0.2, 0) is 0 Å². The fraction of sp³-hybridized carbons (Fsp3) is 0.412. The molecule has 4 heteroatoms. The van der Waals surface area contributed by atoms with Crippen molar-refractivity contribution in [1.82, 2.24) is 0 Å². The molecular weight excluding hydrogens is 307 g/mol. The zero-order valence-electron chi connectivity index (χ0n) is 12.2. The fourth-order valence-electron chi connectivity index (χ4n) is 2.22. The van der Waals surface area contributed by atoms with Gasteiger partial charge in [0, 0.05) is 22.5 Å². The van der Waals surface area contributed by atoms with Gasteiger partial charge in [-0.15, -0.1) is 23.2 Å². The number of benzene rings is 2. The first-order chi connectivity index (χ1) is 10.3. The Morgan fingerprint density at radius 3 is 2.19 bits per heavy atom. The summed E-state index contributed by atoms with van der Waals surface area (Å²) >= 11 is 11.4. The van der Waals surface area contributed by atoms with Gasteiger partial charge >= 0.3 is 0 Å². The van der Waals surface area contributed by atoms with E-state index in [4.69, 9.17) is 32.7 Å². The third kappa shape index (κ3) is 4.18. The van der Waals surface area contributed by atoms with Crippen molar-refractivity contribution < 1.29 is 9.47 Å². The molecule has 21 heavy (non-hydrogen) atoms. The average Bonchev–Trinajstić information content (AvgIpc) is 2.50. The lowest BCUT2D eigenvalue weighted by Crippen LogP contribution is -2.03. The molecule has 0 N–H and O–H groups in total. The Morgan fingerprint density at radius 1 is 0.905 bits per heavy atom. The predicted molar refractivity (Wildman–Crippen MR) is 90.3 cm³/mol. The van der Waals surface area contributed by atoms with E-state index in [1.165, 1.54) is 0 Å². The first-order valence-electron chi connectivity index (χ1n) is 7.17. The number of halogens is 2. The van der Waals surface area contributed by atoms with Gasteiger partial charge in [0.05, 0.1) is 13.2 Å². The summed E-state index contributed by atoms with van der Waals surface area (Å²) < 4.78 is 11.8. The van der Waals surface area contributed by atoms with E-state index in [-0.39, 0.29) is 0 Å². The topological polar surface area (TPSA) is 18.5 Å². The highest BCUT2D eigenvalue weighted by molar-refractivity contribution is 6.18. The Balaban J connectivity index is 2.33. The molecule has 0 amide bonds. The van der Waals surface area contributed by atoms with Crippen molar-refractivity contribution in [2.75, 3.05) is 25.0 Å². The molecule has 0 saturated carbocycles. The van der Waals surface area contributed by atoms with E-state index >= 15 is 0 Å². The number of fused-ring (bicyclic) bond motifs is 1. The second-order valence-electron chi connectivity index (χ2n) is 4.85. The van der Waals surface area contributed by atoms with Gasteiger partial charge < -0.3 is 9.47 Å². The highest BCUT2D eigenvalue weighted by Gasteiger charge is 2.11.